The minimum Gasteiger partial charge on any atom is -0.497 e. The van der Waals surface area contributed by atoms with Gasteiger partial charge in [0.25, 0.3) is 0 Å². The summed E-state index contributed by atoms with van der Waals surface area (Å²) in [6, 6.07) is 7.56. The molecule has 1 atom stereocenters. The number of amides is 1. The molecule has 0 N–H and O–H groups in total. The molecule has 0 spiro atoms. The van der Waals surface area contributed by atoms with Crippen LogP contribution in [0, 0.1) is 12.8 Å². The Labute approximate surface area is 160 Å². The third kappa shape index (κ3) is 4.89. The Morgan fingerprint density at radius 3 is 3.04 bits per heavy atom. The fourth-order valence-electron chi connectivity index (χ4n) is 3.44. The number of nitrogens with zero attached hydrogens (tertiary/aromatic N) is 2. The average Bonchev–Trinajstić information content (AvgIpc) is 3.07. The third-order valence-corrected chi connectivity index (χ3v) is 4.96. The van der Waals surface area contributed by atoms with Gasteiger partial charge in [-0.1, -0.05) is 6.07 Å². The lowest BCUT2D eigenvalue weighted by atomic mass is 9.98. The number of hydrogen-bond donors (Lipinski definition) is 0. The molecule has 1 unspecified atom stereocenters. The molecule has 1 aliphatic heterocycles. The molecule has 0 aliphatic carbocycles. The Bertz CT molecular complexity index is 771. The monoisotopic (exact) mass is 372 g/mol. The molecule has 2 heterocycles. The van der Waals surface area contributed by atoms with Gasteiger partial charge in [0.1, 0.15) is 11.5 Å². The Hall–Kier alpha value is -2.34. The van der Waals surface area contributed by atoms with Gasteiger partial charge in [-0.25, -0.2) is 4.98 Å². The molecule has 1 saturated heterocycles. The second-order valence-electron chi connectivity index (χ2n) is 6.94. The highest BCUT2D eigenvalue weighted by atomic mass is 16.5. The van der Waals surface area contributed by atoms with Crippen LogP contribution in [0.1, 0.15) is 31.2 Å². The van der Waals surface area contributed by atoms with Crippen LogP contribution in [0.3, 0.4) is 0 Å². The lowest BCUT2D eigenvalue weighted by molar-refractivity contribution is -0.132. The van der Waals surface area contributed by atoms with Crippen LogP contribution >= 0.6 is 0 Å². The molecular weight excluding hydrogens is 344 g/mol. The fraction of sp³-hybridized carbons (Fsp3) is 0.524. The van der Waals surface area contributed by atoms with E-state index in [0.29, 0.717) is 23.3 Å². The summed E-state index contributed by atoms with van der Waals surface area (Å²) < 4.78 is 16.6. The molecule has 146 valence electrons. The molecular formula is C21H28N2O4. The molecule has 1 aliphatic rings. The zero-order valence-corrected chi connectivity index (χ0v) is 16.4. The van der Waals surface area contributed by atoms with Crippen molar-refractivity contribution < 1.29 is 18.7 Å². The Morgan fingerprint density at radius 1 is 1.41 bits per heavy atom. The number of likely N-dealkylation sites (tertiary alicyclic amines) is 1. The maximum Gasteiger partial charge on any atom is 0.228 e. The molecule has 0 saturated carbocycles. The van der Waals surface area contributed by atoms with Gasteiger partial charge in [0, 0.05) is 25.3 Å². The SMILES string of the molecule is CCOCC1CCCN(C(=O)Cc2nc(-c3cccc(OC)c3)oc2C)C1. The van der Waals surface area contributed by atoms with Crippen LogP contribution in [0.4, 0.5) is 0 Å². The predicted octanol–water partition coefficient (Wildman–Crippen LogP) is 3.48. The summed E-state index contributed by atoms with van der Waals surface area (Å²) in [7, 11) is 1.63. The van der Waals surface area contributed by atoms with E-state index in [4.69, 9.17) is 13.9 Å². The van der Waals surface area contributed by atoms with Crippen LogP contribution in [0.5, 0.6) is 5.75 Å². The van der Waals surface area contributed by atoms with Crippen LogP contribution in [0.25, 0.3) is 11.5 Å². The molecule has 3 rings (SSSR count). The number of rotatable bonds is 7. The zero-order valence-electron chi connectivity index (χ0n) is 16.4. The van der Waals surface area contributed by atoms with E-state index in [9.17, 15) is 4.79 Å². The molecule has 0 bridgehead atoms. The van der Waals surface area contributed by atoms with Gasteiger partial charge in [0.2, 0.25) is 11.8 Å². The zero-order chi connectivity index (χ0) is 19.2. The van der Waals surface area contributed by atoms with Gasteiger partial charge in [-0.2, -0.15) is 0 Å². The second kappa shape index (κ2) is 9.04. The lowest BCUT2D eigenvalue weighted by Crippen LogP contribution is -2.42. The van der Waals surface area contributed by atoms with E-state index in [1.165, 1.54) is 0 Å². The number of oxazole rings is 1. The second-order valence-corrected chi connectivity index (χ2v) is 6.94. The summed E-state index contributed by atoms with van der Waals surface area (Å²) in [5.41, 5.74) is 1.54. The van der Waals surface area contributed by atoms with Crippen LogP contribution in [0.2, 0.25) is 0 Å². The number of aromatic nitrogens is 1. The van der Waals surface area contributed by atoms with Gasteiger partial charge >= 0.3 is 0 Å². The fourth-order valence-corrected chi connectivity index (χ4v) is 3.44. The van der Waals surface area contributed by atoms with Crippen molar-refractivity contribution in [2.75, 3.05) is 33.4 Å². The third-order valence-electron chi connectivity index (χ3n) is 4.96. The van der Waals surface area contributed by atoms with Crippen molar-refractivity contribution >= 4 is 5.91 Å². The highest BCUT2D eigenvalue weighted by molar-refractivity contribution is 5.78. The first-order chi connectivity index (χ1) is 13.1. The Morgan fingerprint density at radius 2 is 2.26 bits per heavy atom. The molecule has 1 amide bonds. The first kappa shape index (κ1) is 19.4. The molecule has 6 heteroatoms. The van der Waals surface area contributed by atoms with Crippen molar-refractivity contribution in [1.29, 1.82) is 0 Å². The number of ether oxygens (including phenoxy) is 2. The molecule has 0 radical (unpaired) electrons. The first-order valence-electron chi connectivity index (χ1n) is 9.57. The van der Waals surface area contributed by atoms with E-state index >= 15 is 0 Å². The van der Waals surface area contributed by atoms with Crippen LogP contribution in [-0.2, 0) is 16.0 Å². The van der Waals surface area contributed by atoms with E-state index in [1.54, 1.807) is 7.11 Å². The normalized spacial score (nSPS) is 17.1. The average molecular weight is 372 g/mol. The highest BCUT2D eigenvalue weighted by Gasteiger charge is 2.25. The van der Waals surface area contributed by atoms with Gasteiger partial charge in [-0.05, 0) is 50.8 Å². The summed E-state index contributed by atoms with van der Waals surface area (Å²) in [5, 5.41) is 0. The number of carbonyl (C=O) groups is 1. The summed E-state index contributed by atoms with van der Waals surface area (Å²) in [4.78, 5) is 19.3. The van der Waals surface area contributed by atoms with E-state index in [0.717, 1.165) is 50.5 Å². The molecule has 1 aromatic carbocycles. The van der Waals surface area contributed by atoms with E-state index < -0.39 is 0 Å². The van der Waals surface area contributed by atoms with Gasteiger partial charge in [-0.3, -0.25) is 4.79 Å². The minimum atomic E-state index is 0.102. The largest absolute Gasteiger partial charge is 0.497 e. The molecule has 1 fully saturated rings. The quantitative estimate of drug-likeness (QED) is 0.744. The van der Waals surface area contributed by atoms with Crippen LogP contribution in [-0.4, -0.2) is 49.2 Å². The van der Waals surface area contributed by atoms with Gasteiger partial charge in [0.15, 0.2) is 0 Å². The van der Waals surface area contributed by atoms with Crippen molar-refractivity contribution in [2.24, 2.45) is 5.92 Å². The van der Waals surface area contributed by atoms with E-state index in [2.05, 4.69) is 4.98 Å². The summed E-state index contributed by atoms with van der Waals surface area (Å²) in [6.45, 7) is 6.87. The highest BCUT2D eigenvalue weighted by Crippen LogP contribution is 2.26. The van der Waals surface area contributed by atoms with Crippen LogP contribution < -0.4 is 4.74 Å². The maximum atomic E-state index is 12.8. The van der Waals surface area contributed by atoms with Gasteiger partial charge < -0.3 is 18.8 Å². The number of piperidine rings is 1. The maximum absolute atomic E-state index is 12.8. The van der Waals surface area contributed by atoms with E-state index in [1.807, 2.05) is 43.0 Å². The standard InChI is InChI=1S/C21H28N2O4/c1-4-26-14-16-7-6-10-23(13-16)20(24)12-19-15(2)27-21(22-19)17-8-5-9-18(11-17)25-3/h5,8-9,11,16H,4,6-7,10,12-14H2,1-3H3. The summed E-state index contributed by atoms with van der Waals surface area (Å²) in [5.74, 6) is 2.47. The number of carbonyl (C=O) groups excluding carboxylic acids is 1. The molecule has 2 aromatic rings. The lowest BCUT2D eigenvalue weighted by Gasteiger charge is -2.32. The summed E-state index contributed by atoms with van der Waals surface area (Å²) >= 11 is 0. The minimum absolute atomic E-state index is 0.102. The number of methoxy groups -OCH3 is 1. The van der Waals surface area contributed by atoms with Crippen molar-refractivity contribution in [1.82, 2.24) is 9.88 Å². The number of hydrogen-bond acceptors (Lipinski definition) is 5. The predicted molar refractivity (Wildman–Crippen MR) is 103 cm³/mol. The van der Waals surface area contributed by atoms with Crippen LogP contribution in [0.15, 0.2) is 28.7 Å². The van der Waals surface area contributed by atoms with Crippen molar-refractivity contribution in [2.45, 2.75) is 33.1 Å². The number of aryl methyl sites for hydroxylation is 1. The first-order valence-corrected chi connectivity index (χ1v) is 9.57. The van der Waals surface area contributed by atoms with E-state index in [-0.39, 0.29) is 12.3 Å². The molecule has 27 heavy (non-hydrogen) atoms. The van der Waals surface area contributed by atoms with Gasteiger partial charge in [-0.15, -0.1) is 0 Å². The Balaban J connectivity index is 1.66. The molecule has 1 aromatic heterocycles. The summed E-state index contributed by atoms with van der Waals surface area (Å²) in [6.07, 6.45) is 2.41. The van der Waals surface area contributed by atoms with Crippen molar-refractivity contribution in [3.63, 3.8) is 0 Å². The number of benzene rings is 1. The van der Waals surface area contributed by atoms with Crippen molar-refractivity contribution in [3.05, 3.63) is 35.7 Å². The smallest absolute Gasteiger partial charge is 0.228 e. The molecule has 6 nitrogen and oxygen atoms in total. The van der Waals surface area contributed by atoms with Crippen molar-refractivity contribution in [3.8, 4) is 17.2 Å². The van der Waals surface area contributed by atoms with Gasteiger partial charge in [0.05, 0.1) is 25.8 Å². The Kier molecular flexibility index (Phi) is 6.50. The topological polar surface area (TPSA) is 64.8 Å².